The van der Waals surface area contributed by atoms with Gasteiger partial charge in [-0.05, 0) is 76.9 Å². The second kappa shape index (κ2) is 10.7. The summed E-state index contributed by atoms with van der Waals surface area (Å²) in [7, 11) is 0. The number of aryl methyl sites for hydroxylation is 2. The van der Waals surface area contributed by atoms with Crippen LogP contribution < -0.4 is 33.2 Å². The summed E-state index contributed by atoms with van der Waals surface area (Å²) in [6.45, 7) is 6.63. The molecule has 228 valence electrons. The standard InChI is InChI=1S/2C15H16N4O3/c2*1-8-17-11-4-3-9(16)7-10(11)13(21)19(8)15(2)6-5-12(20)18-14(15)22/h2*3-4,7H,5-6,16H2,1-2H3,(H,18,20,22)/t2*15-/m10/s1. The minimum atomic E-state index is -1.14. The maximum atomic E-state index is 12.8. The molecule has 2 atom stereocenters. The van der Waals surface area contributed by atoms with Gasteiger partial charge < -0.3 is 11.5 Å². The van der Waals surface area contributed by atoms with Crippen molar-refractivity contribution >= 4 is 56.8 Å². The van der Waals surface area contributed by atoms with Gasteiger partial charge in [-0.1, -0.05) is 0 Å². The molecule has 14 heteroatoms. The molecule has 2 aliphatic rings. The maximum Gasteiger partial charge on any atom is 0.262 e. The van der Waals surface area contributed by atoms with Crippen molar-refractivity contribution in [3.05, 3.63) is 68.8 Å². The number of benzene rings is 2. The topological polar surface area (TPSA) is 214 Å². The van der Waals surface area contributed by atoms with Crippen LogP contribution in [0.2, 0.25) is 0 Å². The van der Waals surface area contributed by atoms with Gasteiger partial charge in [0.2, 0.25) is 11.8 Å². The highest BCUT2D eigenvalue weighted by molar-refractivity contribution is 6.02. The van der Waals surface area contributed by atoms with Crippen LogP contribution in [0.1, 0.15) is 51.2 Å². The van der Waals surface area contributed by atoms with E-state index in [-0.39, 0.29) is 48.6 Å². The highest BCUT2D eigenvalue weighted by Gasteiger charge is 2.43. The molecule has 2 saturated heterocycles. The average molecular weight is 601 g/mol. The van der Waals surface area contributed by atoms with Gasteiger partial charge in [0.15, 0.2) is 0 Å². The highest BCUT2D eigenvalue weighted by Crippen LogP contribution is 2.28. The number of amides is 4. The minimum absolute atomic E-state index is 0.184. The van der Waals surface area contributed by atoms with Crippen LogP contribution in [0.5, 0.6) is 0 Å². The Kier molecular flexibility index (Phi) is 7.31. The highest BCUT2D eigenvalue weighted by atomic mass is 16.2. The van der Waals surface area contributed by atoms with Gasteiger partial charge in [-0.25, -0.2) is 9.97 Å². The zero-order valence-corrected chi connectivity index (χ0v) is 24.7. The fourth-order valence-electron chi connectivity index (χ4n) is 5.81. The Morgan fingerprint density at radius 2 is 1.02 bits per heavy atom. The number of nitrogens with two attached hydrogens (primary N) is 2. The fourth-order valence-corrected chi connectivity index (χ4v) is 5.81. The van der Waals surface area contributed by atoms with Crippen LogP contribution in [0.3, 0.4) is 0 Å². The number of imide groups is 2. The van der Waals surface area contributed by atoms with Gasteiger partial charge in [-0.15, -0.1) is 0 Å². The first-order valence-electron chi connectivity index (χ1n) is 13.9. The first-order valence-corrected chi connectivity index (χ1v) is 13.9. The number of nitrogens with zero attached hydrogens (tertiary/aromatic N) is 4. The number of aromatic nitrogens is 4. The fraction of sp³-hybridized carbons (Fsp3) is 0.333. The van der Waals surface area contributed by atoms with Crippen molar-refractivity contribution in [3.63, 3.8) is 0 Å². The van der Waals surface area contributed by atoms with E-state index in [0.29, 0.717) is 44.8 Å². The Morgan fingerprint density at radius 1 is 0.659 bits per heavy atom. The molecule has 0 aliphatic carbocycles. The summed E-state index contributed by atoms with van der Waals surface area (Å²) in [5, 5.41) is 5.30. The molecule has 2 aromatic heterocycles. The number of hydrogen-bond acceptors (Lipinski definition) is 10. The Balaban J connectivity index is 0.000000175. The van der Waals surface area contributed by atoms with Crippen molar-refractivity contribution in [2.24, 2.45) is 0 Å². The lowest BCUT2D eigenvalue weighted by molar-refractivity contribution is -0.141. The van der Waals surface area contributed by atoms with Crippen LogP contribution in [0.25, 0.3) is 21.8 Å². The molecule has 0 spiro atoms. The molecule has 14 nitrogen and oxygen atoms in total. The second-order valence-electron chi connectivity index (χ2n) is 11.5. The molecule has 6 N–H and O–H groups in total. The molecule has 0 radical (unpaired) electrons. The first kappa shape index (κ1) is 30.1. The van der Waals surface area contributed by atoms with E-state index in [1.807, 2.05) is 0 Å². The van der Waals surface area contributed by atoms with Crippen LogP contribution in [-0.4, -0.2) is 42.7 Å². The molecule has 0 bridgehead atoms. The summed E-state index contributed by atoms with van der Waals surface area (Å²) < 4.78 is 2.72. The number of hydrogen-bond donors (Lipinski definition) is 4. The van der Waals surface area contributed by atoms with E-state index in [1.54, 1.807) is 64.1 Å². The average Bonchev–Trinajstić information content (AvgIpc) is 2.95. The third kappa shape index (κ3) is 4.97. The minimum Gasteiger partial charge on any atom is -0.399 e. The molecule has 2 aromatic carbocycles. The molecule has 44 heavy (non-hydrogen) atoms. The summed E-state index contributed by atoms with van der Waals surface area (Å²) in [5.74, 6) is -0.779. The lowest BCUT2D eigenvalue weighted by atomic mass is 9.90. The molecule has 4 aromatic rings. The van der Waals surface area contributed by atoms with Crippen molar-refractivity contribution in [1.29, 1.82) is 0 Å². The van der Waals surface area contributed by atoms with Crippen LogP contribution in [0.4, 0.5) is 11.4 Å². The number of nitrogen functional groups attached to an aromatic ring is 2. The largest absolute Gasteiger partial charge is 0.399 e. The zero-order chi connectivity index (χ0) is 32.1. The van der Waals surface area contributed by atoms with Crippen molar-refractivity contribution in [3.8, 4) is 0 Å². The van der Waals surface area contributed by atoms with Gasteiger partial charge in [0.1, 0.15) is 22.7 Å². The smallest absolute Gasteiger partial charge is 0.262 e. The van der Waals surface area contributed by atoms with Crippen molar-refractivity contribution in [2.75, 3.05) is 11.5 Å². The lowest BCUT2D eigenvalue weighted by Crippen LogP contribution is -2.56. The van der Waals surface area contributed by atoms with Crippen LogP contribution in [-0.2, 0) is 30.3 Å². The number of carbonyl (C=O) groups is 4. The monoisotopic (exact) mass is 600 g/mol. The molecular formula is C30H32N8O6. The van der Waals surface area contributed by atoms with Crippen LogP contribution >= 0.6 is 0 Å². The number of fused-ring (bicyclic) bond motifs is 2. The lowest BCUT2D eigenvalue weighted by Gasteiger charge is -2.34. The van der Waals surface area contributed by atoms with E-state index in [0.717, 1.165) is 0 Å². The van der Waals surface area contributed by atoms with E-state index in [9.17, 15) is 28.8 Å². The predicted octanol–water partition coefficient (Wildman–Crippen LogP) is 0.878. The maximum absolute atomic E-state index is 12.8. The van der Waals surface area contributed by atoms with E-state index < -0.39 is 22.9 Å². The molecule has 4 heterocycles. The number of anilines is 2. The number of carbonyl (C=O) groups excluding carboxylic acids is 4. The SMILES string of the molecule is Cc1nc2ccc(N)cc2c(=O)n1[C@@]1(C)CCC(=O)NC1=O.Cc1nc2ccc(N)cc2c(=O)n1[C@]1(C)CCC(=O)NC1=O. The van der Waals surface area contributed by atoms with Gasteiger partial charge in [0, 0.05) is 24.2 Å². The normalized spacial score (nSPS) is 21.9. The third-order valence-corrected chi connectivity index (χ3v) is 8.27. The quantitative estimate of drug-likeness (QED) is 0.188. The van der Waals surface area contributed by atoms with Crippen molar-refractivity contribution in [1.82, 2.24) is 29.7 Å². The summed E-state index contributed by atoms with van der Waals surface area (Å²) >= 11 is 0. The molecule has 0 saturated carbocycles. The number of rotatable bonds is 2. The summed E-state index contributed by atoms with van der Waals surface area (Å²) in [5.41, 5.74) is 10.5. The van der Waals surface area contributed by atoms with E-state index in [2.05, 4.69) is 20.6 Å². The van der Waals surface area contributed by atoms with E-state index in [1.165, 1.54) is 9.13 Å². The summed E-state index contributed by atoms with van der Waals surface area (Å²) in [6.07, 6.45) is 0.883. The molecule has 2 aliphatic heterocycles. The molecule has 6 rings (SSSR count). The first-order chi connectivity index (χ1) is 20.7. The predicted molar refractivity (Wildman–Crippen MR) is 162 cm³/mol. The van der Waals surface area contributed by atoms with Gasteiger partial charge in [-0.3, -0.25) is 48.5 Å². The van der Waals surface area contributed by atoms with Crippen molar-refractivity contribution < 1.29 is 19.2 Å². The van der Waals surface area contributed by atoms with Gasteiger partial charge in [-0.2, -0.15) is 0 Å². The summed E-state index contributed by atoms with van der Waals surface area (Å²) in [6, 6.07) is 9.80. The van der Waals surface area contributed by atoms with Crippen molar-refractivity contribution in [2.45, 2.75) is 64.5 Å². The Morgan fingerprint density at radius 3 is 1.36 bits per heavy atom. The van der Waals surface area contributed by atoms with Crippen LogP contribution in [0, 0.1) is 13.8 Å². The second-order valence-corrected chi connectivity index (χ2v) is 11.5. The number of nitrogens with one attached hydrogen (secondary N) is 2. The number of piperidine rings is 2. The van der Waals surface area contributed by atoms with Gasteiger partial charge in [0.25, 0.3) is 22.9 Å². The Labute approximate surface area is 250 Å². The van der Waals surface area contributed by atoms with Gasteiger partial charge in [0.05, 0.1) is 21.8 Å². The zero-order valence-electron chi connectivity index (χ0n) is 24.7. The molecule has 0 unspecified atom stereocenters. The molecule has 4 amide bonds. The molecular weight excluding hydrogens is 568 g/mol. The third-order valence-electron chi connectivity index (χ3n) is 8.27. The van der Waals surface area contributed by atoms with Gasteiger partial charge >= 0.3 is 0 Å². The Bertz CT molecular complexity index is 1890. The van der Waals surface area contributed by atoms with E-state index in [4.69, 9.17) is 11.5 Å². The summed E-state index contributed by atoms with van der Waals surface area (Å²) in [4.78, 5) is 81.8. The Hall–Kier alpha value is -5.40. The van der Waals surface area contributed by atoms with Crippen LogP contribution in [0.15, 0.2) is 46.0 Å². The molecule has 2 fully saturated rings. The van der Waals surface area contributed by atoms with E-state index >= 15 is 0 Å².